The number of ether oxygens (including phenoxy) is 1. The molecule has 4 aromatic rings. The molecule has 0 amide bonds. The lowest BCUT2D eigenvalue weighted by molar-refractivity contribution is -0.274. The van der Waals surface area contributed by atoms with Gasteiger partial charge in [-0.1, -0.05) is 29.1 Å². The number of carbonyl (C=O) groups is 1. The van der Waals surface area contributed by atoms with Crippen LogP contribution in [0.5, 0.6) is 5.75 Å². The zero-order valence-electron chi connectivity index (χ0n) is 22.7. The first-order valence-corrected chi connectivity index (χ1v) is 15.9. The number of carboxylic acid groups (broad SMARTS) is 1. The van der Waals surface area contributed by atoms with Crippen LogP contribution in [0.2, 0.25) is 0 Å². The number of alkyl halides is 3. The third-order valence-corrected chi connectivity index (χ3v) is 11.3. The molecule has 3 saturated carbocycles. The van der Waals surface area contributed by atoms with Gasteiger partial charge in [0, 0.05) is 34.9 Å². The Balaban J connectivity index is 1.06. The highest BCUT2D eigenvalue weighted by atomic mass is 32.2. The van der Waals surface area contributed by atoms with E-state index in [4.69, 9.17) is 4.52 Å². The molecular formula is C30H27F4N3O4S2. The summed E-state index contributed by atoms with van der Waals surface area (Å²) in [6, 6.07) is 8.71. The third-order valence-electron chi connectivity index (χ3n) is 8.63. The van der Waals surface area contributed by atoms with Gasteiger partial charge < -0.3 is 19.7 Å². The molecule has 13 heteroatoms. The number of thioether (sulfide) groups is 1. The van der Waals surface area contributed by atoms with Crippen molar-refractivity contribution >= 4 is 39.3 Å². The van der Waals surface area contributed by atoms with E-state index in [0.29, 0.717) is 34.0 Å². The van der Waals surface area contributed by atoms with E-state index in [1.807, 2.05) is 0 Å². The van der Waals surface area contributed by atoms with Crippen molar-refractivity contribution in [3.63, 3.8) is 0 Å². The molecule has 7 rings (SSSR count). The summed E-state index contributed by atoms with van der Waals surface area (Å²) < 4.78 is 65.1. The van der Waals surface area contributed by atoms with E-state index in [0.717, 1.165) is 60.3 Å². The minimum absolute atomic E-state index is 0.0889. The van der Waals surface area contributed by atoms with Gasteiger partial charge in [0.05, 0.1) is 10.3 Å². The Kier molecular flexibility index (Phi) is 7.37. The number of nitrogens with zero attached hydrogens (tertiary/aromatic N) is 2. The highest BCUT2D eigenvalue weighted by Gasteiger charge is 2.44. The topological polar surface area (TPSA) is 97.5 Å². The van der Waals surface area contributed by atoms with Crippen LogP contribution >= 0.6 is 23.1 Å². The van der Waals surface area contributed by atoms with Gasteiger partial charge in [-0.05, 0) is 74.6 Å². The summed E-state index contributed by atoms with van der Waals surface area (Å²) in [6.07, 6.45) is 1.12. The Morgan fingerprint density at radius 2 is 1.88 bits per heavy atom. The molecule has 0 saturated heterocycles. The quantitative estimate of drug-likeness (QED) is 0.179. The number of rotatable bonds is 9. The zero-order chi connectivity index (χ0) is 29.9. The SMILES string of the molecule is O=C(O)c1cc(F)c2nc(SC3[C@@H]4CC[C@H]3CC(NCc3c(-c5ccccc5OC(F)(F)F)noc3C3CC3)C4)sc2c1. The second kappa shape index (κ2) is 11.1. The number of benzene rings is 2. The van der Waals surface area contributed by atoms with Gasteiger partial charge in [-0.15, -0.1) is 24.5 Å². The number of halogens is 4. The van der Waals surface area contributed by atoms with Gasteiger partial charge in [0.2, 0.25) is 0 Å². The zero-order valence-corrected chi connectivity index (χ0v) is 24.3. The normalized spacial score (nSPS) is 23.6. The Hall–Kier alpha value is -3.16. The van der Waals surface area contributed by atoms with Crippen LogP contribution in [0, 0.1) is 17.7 Å². The van der Waals surface area contributed by atoms with Crippen LogP contribution < -0.4 is 10.1 Å². The molecule has 2 heterocycles. The fourth-order valence-electron chi connectivity index (χ4n) is 6.58. The molecule has 4 atom stereocenters. The van der Waals surface area contributed by atoms with Crippen molar-refractivity contribution in [2.45, 2.75) is 73.0 Å². The maximum absolute atomic E-state index is 14.5. The van der Waals surface area contributed by atoms with Crippen molar-refractivity contribution in [3.8, 4) is 17.0 Å². The molecule has 7 nitrogen and oxygen atoms in total. The molecule has 226 valence electrons. The lowest BCUT2D eigenvalue weighted by Crippen LogP contribution is -2.39. The lowest BCUT2D eigenvalue weighted by Gasteiger charge is -2.35. The lowest BCUT2D eigenvalue weighted by atomic mass is 9.84. The van der Waals surface area contributed by atoms with Crippen LogP contribution in [0.3, 0.4) is 0 Å². The van der Waals surface area contributed by atoms with E-state index in [2.05, 4.69) is 20.2 Å². The van der Waals surface area contributed by atoms with Crippen LogP contribution in [-0.2, 0) is 6.54 Å². The second-order valence-electron chi connectivity index (χ2n) is 11.5. The van der Waals surface area contributed by atoms with Crippen LogP contribution in [0.15, 0.2) is 45.3 Å². The monoisotopic (exact) mass is 633 g/mol. The number of thiazole rings is 1. The fraction of sp³-hybridized carbons (Fsp3) is 0.433. The number of nitrogens with one attached hydrogen (secondary N) is 1. The van der Waals surface area contributed by atoms with Crippen molar-refractivity contribution < 1.29 is 36.7 Å². The molecule has 2 unspecified atom stereocenters. The minimum Gasteiger partial charge on any atom is -0.478 e. The molecule has 0 aliphatic heterocycles. The summed E-state index contributed by atoms with van der Waals surface area (Å²) in [7, 11) is 0. The largest absolute Gasteiger partial charge is 0.573 e. The molecule has 2 aromatic heterocycles. The van der Waals surface area contributed by atoms with E-state index >= 15 is 0 Å². The third kappa shape index (κ3) is 5.86. The average Bonchev–Trinajstić information content (AvgIpc) is 3.51. The van der Waals surface area contributed by atoms with Crippen molar-refractivity contribution in [2.24, 2.45) is 11.8 Å². The summed E-state index contributed by atoms with van der Waals surface area (Å²) in [6.45, 7) is 0.427. The number of aromatic nitrogens is 2. The number of hydrogen-bond acceptors (Lipinski definition) is 8. The minimum atomic E-state index is -4.82. The van der Waals surface area contributed by atoms with Crippen molar-refractivity contribution in [1.82, 2.24) is 15.5 Å². The molecule has 3 aliphatic rings. The first kappa shape index (κ1) is 28.6. The highest BCUT2D eigenvalue weighted by Crippen LogP contribution is 2.51. The summed E-state index contributed by atoms with van der Waals surface area (Å²) >= 11 is 2.99. The molecule has 43 heavy (non-hydrogen) atoms. The molecule has 2 bridgehead atoms. The smallest absolute Gasteiger partial charge is 0.478 e. The van der Waals surface area contributed by atoms with Gasteiger partial charge in [0.15, 0.2) is 10.2 Å². The number of hydrogen-bond donors (Lipinski definition) is 2. The number of fused-ring (bicyclic) bond motifs is 3. The van der Waals surface area contributed by atoms with Gasteiger partial charge in [-0.3, -0.25) is 0 Å². The first-order valence-electron chi connectivity index (χ1n) is 14.2. The predicted octanol–water partition coefficient (Wildman–Crippen LogP) is 8.00. The van der Waals surface area contributed by atoms with Crippen LogP contribution in [0.25, 0.3) is 21.5 Å². The number of para-hydroxylation sites is 1. The summed E-state index contributed by atoms with van der Waals surface area (Å²) in [5, 5.41) is 17.5. The molecule has 0 radical (unpaired) electrons. The summed E-state index contributed by atoms with van der Waals surface area (Å²) in [5.41, 5.74) is 1.51. The number of aromatic carboxylic acids is 1. The van der Waals surface area contributed by atoms with Crippen LogP contribution in [0.1, 0.15) is 66.1 Å². The maximum Gasteiger partial charge on any atom is 0.573 e. The number of carboxylic acids is 1. The van der Waals surface area contributed by atoms with Crippen LogP contribution in [-0.4, -0.2) is 38.9 Å². The molecule has 3 aliphatic carbocycles. The van der Waals surface area contributed by atoms with Crippen LogP contribution in [0.4, 0.5) is 17.6 Å². The highest BCUT2D eigenvalue weighted by molar-refractivity contribution is 8.01. The van der Waals surface area contributed by atoms with E-state index in [-0.39, 0.29) is 34.4 Å². The standard InChI is InChI=1S/C30H27F4N3O4S2/c31-21-11-17(28(38)39)12-23-25(21)36-29(42-23)43-27-15-7-8-16(27)10-18(9-15)35-13-20-24(37-41-26(20)14-5-6-14)19-3-1-2-4-22(19)40-30(32,33)34/h1-4,11-12,14-16,18,27,35H,5-10,13H2,(H,38,39)/t15-,16+,18?,27?. The Morgan fingerprint density at radius 3 is 2.58 bits per heavy atom. The second-order valence-corrected chi connectivity index (χ2v) is 14.0. The van der Waals surface area contributed by atoms with E-state index in [1.54, 1.807) is 23.9 Å². The van der Waals surface area contributed by atoms with Crippen molar-refractivity contribution in [2.75, 3.05) is 0 Å². The molecule has 3 fully saturated rings. The maximum atomic E-state index is 14.5. The Morgan fingerprint density at radius 1 is 1.14 bits per heavy atom. The van der Waals surface area contributed by atoms with Gasteiger partial charge in [0.25, 0.3) is 0 Å². The van der Waals surface area contributed by atoms with Crippen molar-refractivity contribution in [3.05, 3.63) is 59.1 Å². The fourth-order valence-corrected chi connectivity index (χ4v) is 9.39. The van der Waals surface area contributed by atoms with E-state index in [1.165, 1.54) is 29.5 Å². The van der Waals surface area contributed by atoms with Gasteiger partial charge >= 0.3 is 12.3 Å². The van der Waals surface area contributed by atoms with E-state index < -0.39 is 18.1 Å². The molecular weight excluding hydrogens is 606 g/mol. The molecule has 2 N–H and O–H groups in total. The molecule has 2 aromatic carbocycles. The Bertz CT molecular complexity index is 1670. The molecule has 0 spiro atoms. The summed E-state index contributed by atoms with van der Waals surface area (Å²) in [4.78, 5) is 15.8. The van der Waals surface area contributed by atoms with Crippen molar-refractivity contribution in [1.29, 1.82) is 0 Å². The predicted molar refractivity (Wildman–Crippen MR) is 153 cm³/mol. The van der Waals surface area contributed by atoms with E-state index in [9.17, 15) is 27.5 Å². The van der Waals surface area contributed by atoms with Gasteiger partial charge in [-0.2, -0.15) is 0 Å². The first-order chi connectivity index (χ1) is 20.6. The van der Waals surface area contributed by atoms with Gasteiger partial charge in [0.1, 0.15) is 22.7 Å². The Labute approximate surface area is 252 Å². The summed E-state index contributed by atoms with van der Waals surface area (Å²) in [5.74, 6) is -0.296. The van der Waals surface area contributed by atoms with Gasteiger partial charge in [-0.25, -0.2) is 14.2 Å². The average molecular weight is 634 g/mol.